The highest BCUT2D eigenvalue weighted by Gasteiger charge is 2.56. The third-order valence-corrected chi connectivity index (χ3v) is 6.43. The zero-order chi connectivity index (χ0) is 26.2. The van der Waals surface area contributed by atoms with Crippen molar-refractivity contribution < 1.29 is 23.5 Å². The topological polar surface area (TPSA) is 123 Å². The fraction of sp³-hybridized carbons (Fsp3) is 0.111. The SMILES string of the molecule is NC(=O)c1cc2c(Oc3ccc(NC(=O)C4(C(=O)Nc5ccc(F)cc5)CC4)cc3)ccnc2cc1Cl. The molecule has 3 amide bonds. The van der Waals surface area contributed by atoms with Crippen LogP contribution < -0.4 is 21.1 Å². The third-order valence-electron chi connectivity index (χ3n) is 6.12. The number of anilines is 2. The number of carbonyl (C=O) groups excluding carboxylic acids is 3. The van der Waals surface area contributed by atoms with E-state index in [-0.39, 0.29) is 10.6 Å². The number of fused-ring (bicyclic) bond motifs is 1. The summed E-state index contributed by atoms with van der Waals surface area (Å²) < 4.78 is 19.1. The number of pyridine rings is 1. The summed E-state index contributed by atoms with van der Waals surface area (Å²) in [6, 6.07) is 16.7. The Hall–Kier alpha value is -4.50. The summed E-state index contributed by atoms with van der Waals surface area (Å²) in [5, 5.41) is 6.21. The van der Waals surface area contributed by atoms with E-state index in [1.165, 1.54) is 30.3 Å². The van der Waals surface area contributed by atoms with Gasteiger partial charge in [-0.05, 0) is 79.6 Å². The molecule has 1 saturated carbocycles. The summed E-state index contributed by atoms with van der Waals surface area (Å²) in [6.07, 6.45) is 2.39. The molecule has 4 N–H and O–H groups in total. The van der Waals surface area contributed by atoms with Crippen LogP contribution in [0.25, 0.3) is 10.9 Å². The second-order valence-electron chi connectivity index (χ2n) is 8.65. The Kier molecular flexibility index (Phi) is 6.22. The van der Waals surface area contributed by atoms with Gasteiger partial charge >= 0.3 is 0 Å². The molecule has 1 aliphatic carbocycles. The van der Waals surface area contributed by atoms with E-state index >= 15 is 0 Å². The number of hydrogen-bond donors (Lipinski definition) is 3. The highest BCUT2D eigenvalue weighted by atomic mass is 35.5. The molecule has 10 heteroatoms. The predicted molar refractivity (Wildman–Crippen MR) is 137 cm³/mol. The number of primary amides is 1. The molecule has 1 heterocycles. The fourth-order valence-electron chi connectivity index (χ4n) is 3.87. The summed E-state index contributed by atoms with van der Waals surface area (Å²) in [4.78, 5) is 41.6. The first-order valence-corrected chi connectivity index (χ1v) is 11.7. The van der Waals surface area contributed by atoms with Crippen LogP contribution >= 0.6 is 11.6 Å². The van der Waals surface area contributed by atoms with Crippen molar-refractivity contribution in [3.63, 3.8) is 0 Å². The Labute approximate surface area is 215 Å². The molecule has 1 fully saturated rings. The zero-order valence-corrected chi connectivity index (χ0v) is 20.0. The second-order valence-corrected chi connectivity index (χ2v) is 9.05. The van der Waals surface area contributed by atoms with Crippen LogP contribution in [0.2, 0.25) is 5.02 Å². The molecule has 186 valence electrons. The van der Waals surface area contributed by atoms with Crippen molar-refractivity contribution in [2.45, 2.75) is 12.8 Å². The number of benzene rings is 3. The summed E-state index contributed by atoms with van der Waals surface area (Å²) in [6.45, 7) is 0. The number of halogens is 2. The Morgan fingerprint density at radius 3 is 2.08 bits per heavy atom. The lowest BCUT2D eigenvalue weighted by Gasteiger charge is -2.16. The smallest absolute Gasteiger partial charge is 0.250 e. The minimum absolute atomic E-state index is 0.155. The maximum atomic E-state index is 13.1. The quantitative estimate of drug-likeness (QED) is 0.287. The van der Waals surface area contributed by atoms with Crippen LogP contribution in [0.15, 0.2) is 72.9 Å². The molecule has 1 aromatic heterocycles. The van der Waals surface area contributed by atoms with Gasteiger partial charge in [0.25, 0.3) is 0 Å². The van der Waals surface area contributed by atoms with Gasteiger partial charge in [-0.25, -0.2) is 4.39 Å². The predicted octanol–water partition coefficient (Wildman–Crippen LogP) is 5.28. The monoisotopic (exact) mass is 518 g/mol. The molecule has 5 rings (SSSR count). The van der Waals surface area contributed by atoms with Crippen molar-refractivity contribution in [2.24, 2.45) is 11.1 Å². The third kappa shape index (κ3) is 4.94. The maximum absolute atomic E-state index is 13.1. The molecule has 8 nitrogen and oxygen atoms in total. The van der Waals surface area contributed by atoms with E-state index in [1.54, 1.807) is 42.6 Å². The summed E-state index contributed by atoms with van der Waals surface area (Å²) in [7, 11) is 0. The number of nitrogens with zero attached hydrogens (tertiary/aromatic N) is 1. The summed E-state index contributed by atoms with van der Waals surface area (Å²) in [5.41, 5.74) is 5.83. The van der Waals surface area contributed by atoms with Crippen molar-refractivity contribution in [1.29, 1.82) is 0 Å². The van der Waals surface area contributed by atoms with Crippen LogP contribution in [0.5, 0.6) is 11.5 Å². The average Bonchev–Trinajstić information content (AvgIpc) is 3.69. The minimum atomic E-state index is -1.17. The normalized spacial score (nSPS) is 13.6. The molecule has 0 radical (unpaired) electrons. The lowest BCUT2D eigenvalue weighted by Crippen LogP contribution is -2.35. The molecule has 0 spiro atoms. The highest BCUT2D eigenvalue weighted by molar-refractivity contribution is 6.34. The largest absolute Gasteiger partial charge is 0.457 e. The first kappa shape index (κ1) is 24.2. The van der Waals surface area contributed by atoms with Crippen LogP contribution in [-0.2, 0) is 9.59 Å². The minimum Gasteiger partial charge on any atom is -0.457 e. The van der Waals surface area contributed by atoms with Gasteiger partial charge in [-0.2, -0.15) is 0 Å². The molecular weight excluding hydrogens is 499 g/mol. The molecular formula is C27H20ClFN4O4. The van der Waals surface area contributed by atoms with Gasteiger partial charge in [0, 0.05) is 23.0 Å². The van der Waals surface area contributed by atoms with Crippen LogP contribution in [0, 0.1) is 11.2 Å². The van der Waals surface area contributed by atoms with Crippen molar-refractivity contribution in [3.05, 3.63) is 89.3 Å². The van der Waals surface area contributed by atoms with Gasteiger partial charge in [-0.3, -0.25) is 19.4 Å². The van der Waals surface area contributed by atoms with Gasteiger partial charge in [0.15, 0.2) is 0 Å². The van der Waals surface area contributed by atoms with Crippen LogP contribution in [0.4, 0.5) is 15.8 Å². The summed E-state index contributed by atoms with van der Waals surface area (Å²) >= 11 is 6.12. The van der Waals surface area contributed by atoms with Gasteiger partial charge in [-0.15, -0.1) is 0 Å². The summed E-state index contributed by atoms with van der Waals surface area (Å²) in [5.74, 6) is -1.03. The van der Waals surface area contributed by atoms with E-state index in [1.807, 2.05) is 0 Å². The van der Waals surface area contributed by atoms with Crippen molar-refractivity contribution in [2.75, 3.05) is 10.6 Å². The molecule has 0 bridgehead atoms. The van der Waals surface area contributed by atoms with E-state index in [0.717, 1.165) is 0 Å². The molecule has 37 heavy (non-hydrogen) atoms. The standard InChI is InChI=1S/C27H20ClFN4O4/c28-21-14-22-20(13-19(21)24(30)34)23(9-12-31-22)37-18-7-5-17(6-8-18)33-26(36)27(10-11-27)25(35)32-16-3-1-15(29)2-4-16/h1-9,12-14H,10-11H2,(H2,30,34)(H,32,35)(H,33,36). The Bertz CT molecular complexity index is 1540. The molecule has 0 saturated heterocycles. The average molecular weight is 519 g/mol. The molecule has 0 aliphatic heterocycles. The van der Waals surface area contributed by atoms with Gasteiger partial charge in [0.05, 0.1) is 16.1 Å². The van der Waals surface area contributed by atoms with Crippen LogP contribution in [-0.4, -0.2) is 22.7 Å². The van der Waals surface area contributed by atoms with Crippen molar-refractivity contribution >= 4 is 51.6 Å². The Morgan fingerprint density at radius 1 is 0.919 bits per heavy atom. The van der Waals surface area contributed by atoms with Gasteiger partial charge in [0.2, 0.25) is 17.7 Å². The number of nitrogens with one attached hydrogen (secondary N) is 2. The Morgan fingerprint density at radius 2 is 1.51 bits per heavy atom. The van der Waals surface area contributed by atoms with E-state index in [9.17, 15) is 18.8 Å². The number of nitrogens with two attached hydrogens (primary N) is 1. The number of aromatic nitrogens is 1. The van der Waals surface area contributed by atoms with Crippen LogP contribution in [0.3, 0.4) is 0 Å². The molecule has 4 aromatic rings. The first-order valence-electron chi connectivity index (χ1n) is 11.3. The highest BCUT2D eigenvalue weighted by Crippen LogP contribution is 2.47. The molecule has 1 aliphatic rings. The molecule has 0 atom stereocenters. The van der Waals surface area contributed by atoms with Gasteiger partial charge < -0.3 is 21.1 Å². The van der Waals surface area contributed by atoms with Crippen LogP contribution in [0.1, 0.15) is 23.2 Å². The fourth-order valence-corrected chi connectivity index (χ4v) is 4.12. The lowest BCUT2D eigenvalue weighted by molar-refractivity contribution is -0.131. The zero-order valence-electron chi connectivity index (χ0n) is 19.3. The molecule has 0 unspecified atom stereocenters. The van der Waals surface area contributed by atoms with Gasteiger partial charge in [-0.1, -0.05) is 11.6 Å². The van der Waals surface area contributed by atoms with Crippen molar-refractivity contribution in [3.8, 4) is 11.5 Å². The van der Waals surface area contributed by atoms with E-state index < -0.39 is 29.0 Å². The van der Waals surface area contributed by atoms with Gasteiger partial charge in [0.1, 0.15) is 22.7 Å². The maximum Gasteiger partial charge on any atom is 0.250 e. The molecule has 3 aromatic carbocycles. The Balaban J connectivity index is 1.28. The number of amides is 3. The number of rotatable bonds is 7. The number of carbonyl (C=O) groups is 3. The second kappa shape index (κ2) is 9.51. The van der Waals surface area contributed by atoms with E-state index in [4.69, 9.17) is 22.1 Å². The number of ether oxygens (including phenoxy) is 1. The van der Waals surface area contributed by atoms with E-state index in [2.05, 4.69) is 15.6 Å². The van der Waals surface area contributed by atoms with Crippen molar-refractivity contribution in [1.82, 2.24) is 4.98 Å². The lowest BCUT2D eigenvalue weighted by atomic mass is 10.0. The number of hydrogen-bond acceptors (Lipinski definition) is 5. The first-order chi connectivity index (χ1) is 17.7. The van der Waals surface area contributed by atoms with E-state index in [0.29, 0.717) is 46.6 Å².